The lowest BCUT2D eigenvalue weighted by Crippen LogP contribution is -2.23. The van der Waals surface area contributed by atoms with E-state index in [1.54, 1.807) is 0 Å². The van der Waals surface area contributed by atoms with Gasteiger partial charge in [-0.15, -0.1) is 0 Å². The average molecular weight is 694 g/mol. The monoisotopic (exact) mass is 693 g/mol. The quantitative estimate of drug-likeness (QED) is 0.187. The first-order valence-corrected chi connectivity index (χ1v) is 18.7. The maximum absolute atomic E-state index is 6.63. The van der Waals surface area contributed by atoms with Crippen molar-refractivity contribution in [3.63, 3.8) is 0 Å². The number of rotatable bonds is 3. The third-order valence-corrected chi connectivity index (χ3v) is 11.4. The molecule has 0 saturated heterocycles. The van der Waals surface area contributed by atoms with Gasteiger partial charge in [0.05, 0.1) is 5.52 Å². The number of nitrogens with one attached hydrogen (secondary N) is 1. The smallest absolute Gasteiger partial charge is 0.145 e. The van der Waals surface area contributed by atoms with Gasteiger partial charge in [-0.2, -0.15) is 0 Å². The molecular formula is C50H35N3O. The summed E-state index contributed by atoms with van der Waals surface area (Å²) in [6.45, 7) is 2.27. The number of allylic oxidation sites excluding steroid dienone is 1. The molecule has 4 nitrogen and oxygen atoms in total. The van der Waals surface area contributed by atoms with Crippen molar-refractivity contribution in [1.29, 1.82) is 0 Å². The lowest BCUT2D eigenvalue weighted by molar-refractivity contribution is 0.657. The van der Waals surface area contributed by atoms with Crippen LogP contribution in [0.2, 0.25) is 0 Å². The molecule has 8 aromatic carbocycles. The van der Waals surface area contributed by atoms with Crippen LogP contribution in [-0.2, 0) is 0 Å². The lowest BCUT2D eigenvalue weighted by Gasteiger charge is -2.26. The molecule has 1 aliphatic rings. The van der Waals surface area contributed by atoms with E-state index in [0.717, 1.165) is 73.6 Å². The SMILES string of the molecule is C/C1=C(/c2ccc3ccccc3c2)NC(c2ccc3ccc4ccc5cccnc5c4c3c2)N=C(c2cccc3oc4c5ccccc5ccc4c23)CC1. The highest BCUT2D eigenvalue weighted by Gasteiger charge is 2.23. The molecule has 256 valence electrons. The van der Waals surface area contributed by atoms with Gasteiger partial charge in [-0.3, -0.25) is 9.98 Å². The van der Waals surface area contributed by atoms with Gasteiger partial charge in [0.15, 0.2) is 0 Å². The first-order valence-electron chi connectivity index (χ1n) is 18.7. The number of hydrogen-bond acceptors (Lipinski definition) is 4. The van der Waals surface area contributed by atoms with Crippen molar-refractivity contribution < 1.29 is 4.42 Å². The van der Waals surface area contributed by atoms with Crippen molar-refractivity contribution in [2.45, 2.75) is 25.9 Å². The van der Waals surface area contributed by atoms with Crippen LogP contribution in [0, 0.1) is 0 Å². The highest BCUT2D eigenvalue weighted by molar-refractivity contribution is 6.23. The normalized spacial score (nSPS) is 16.7. The molecule has 10 aromatic rings. The predicted molar refractivity (Wildman–Crippen MR) is 226 cm³/mol. The zero-order valence-electron chi connectivity index (χ0n) is 29.8. The first-order chi connectivity index (χ1) is 26.7. The van der Waals surface area contributed by atoms with E-state index in [-0.39, 0.29) is 6.17 Å². The maximum atomic E-state index is 6.63. The Morgan fingerprint density at radius 2 is 1.31 bits per heavy atom. The number of nitrogens with zero attached hydrogens (tertiary/aromatic N) is 2. The van der Waals surface area contributed by atoms with Crippen LogP contribution in [-0.4, -0.2) is 10.7 Å². The van der Waals surface area contributed by atoms with Gasteiger partial charge in [-0.05, 0) is 99.1 Å². The number of aliphatic imine (C=N–C) groups is 1. The predicted octanol–water partition coefficient (Wildman–Crippen LogP) is 13.0. The molecule has 3 heterocycles. The second-order valence-corrected chi connectivity index (χ2v) is 14.6. The number of benzene rings is 8. The largest absolute Gasteiger partial charge is 0.455 e. The highest BCUT2D eigenvalue weighted by atomic mass is 16.3. The van der Waals surface area contributed by atoms with Gasteiger partial charge in [-0.1, -0.05) is 121 Å². The van der Waals surface area contributed by atoms with Crippen molar-refractivity contribution in [2.24, 2.45) is 4.99 Å². The van der Waals surface area contributed by atoms with E-state index in [1.807, 2.05) is 12.3 Å². The van der Waals surface area contributed by atoms with Gasteiger partial charge in [-0.25, -0.2) is 0 Å². The van der Waals surface area contributed by atoms with E-state index in [1.165, 1.54) is 48.8 Å². The van der Waals surface area contributed by atoms with E-state index in [0.29, 0.717) is 0 Å². The van der Waals surface area contributed by atoms with Crippen LogP contribution in [0.25, 0.3) is 81.6 Å². The number of fused-ring (bicyclic) bond motifs is 11. The second kappa shape index (κ2) is 12.1. The number of pyridine rings is 1. The Balaban J connectivity index is 1.13. The molecule has 0 aliphatic carbocycles. The van der Waals surface area contributed by atoms with Crippen LogP contribution in [0.1, 0.15) is 42.6 Å². The van der Waals surface area contributed by atoms with Crippen LogP contribution < -0.4 is 5.32 Å². The Labute approximate surface area is 312 Å². The van der Waals surface area contributed by atoms with Crippen LogP contribution in [0.15, 0.2) is 173 Å². The van der Waals surface area contributed by atoms with Crippen molar-refractivity contribution in [3.8, 4) is 0 Å². The summed E-state index contributed by atoms with van der Waals surface area (Å²) >= 11 is 0. The van der Waals surface area contributed by atoms with E-state index in [2.05, 4.69) is 158 Å². The lowest BCUT2D eigenvalue weighted by atomic mass is 9.93. The molecule has 1 N–H and O–H groups in total. The highest BCUT2D eigenvalue weighted by Crippen LogP contribution is 2.39. The van der Waals surface area contributed by atoms with Crippen LogP contribution in [0.3, 0.4) is 0 Å². The third-order valence-electron chi connectivity index (χ3n) is 11.4. The maximum Gasteiger partial charge on any atom is 0.145 e. The Kier molecular flexibility index (Phi) is 6.93. The molecule has 1 unspecified atom stereocenters. The number of furan rings is 1. The Bertz CT molecular complexity index is 3220. The summed E-state index contributed by atoms with van der Waals surface area (Å²) in [6.07, 6.45) is 3.21. The third kappa shape index (κ3) is 4.91. The first kappa shape index (κ1) is 30.8. The topological polar surface area (TPSA) is 50.4 Å². The van der Waals surface area contributed by atoms with Crippen molar-refractivity contribution >= 4 is 87.3 Å². The van der Waals surface area contributed by atoms with Crippen LogP contribution in [0.5, 0.6) is 0 Å². The molecule has 11 rings (SSSR count). The Hall–Kier alpha value is -6.78. The average Bonchev–Trinajstić information content (AvgIpc) is 3.62. The van der Waals surface area contributed by atoms with Crippen LogP contribution >= 0.6 is 0 Å². The fraction of sp³-hybridized carbons (Fsp3) is 0.0800. The fourth-order valence-corrected chi connectivity index (χ4v) is 8.64. The molecule has 1 aliphatic heterocycles. The summed E-state index contributed by atoms with van der Waals surface area (Å²) in [5.41, 5.74) is 9.73. The van der Waals surface area contributed by atoms with E-state index < -0.39 is 0 Å². The fourth-order valence-electron chi connectivity index (χ4n) is 8.64. The summed E-state index contributed by atoms with van der Waals surface area (Å²) in [5, 5.41) is 16.9. The van der Waals surface area contributed by atoms with E-state index in [9.17, 15) is 0 Å². The summed E-state index contributed by atoms with van der Waals surface area (Å²) in [5.74, 6) is 0. The molecule has 0 saturated carbocycles. The van der Waals surface area contributed by atoms with Crippen molar-refractivity contribution in [1.82, 2.24) is 10.3 Å². The van der Waals surface area contributed by atoms with Crippen molar-refractivity contribution in [2.75, 3.05) is 0 Å². The molecule has 0 amide bonds. The molecular weight excluding hydrogens is 659 g/mol. The summed E-state index contributed by atoms with van der Waals surface area (Å²) in [6, 6.07) is 54.4. The molecule has 1 atom stereocenters. The number of aromatic nitrogens is 1. The van der Waals surface area contributed by atoms with Gasteiger partial charge in [0.2, 0.25) is 0 Å². The second-order valence-electron chi connectivity index (χ2n) is 14.6. The van der Waals surface area contributed by atoms with Gasteiger partial charge >= 0.3 is 0 Å². The zero-order valence-corrected chi connectivity index (χ0v) is 29.8. The van der Waals surface area contributed by atoms with Gasteiger partial charge < -0.3 is 9.73 Å². The van der Waals surface area contributed by atoms with E-state index >= 15 is 0 Å². The van der Waals surface area contributed by atoms with Crippen molar-refractivity contribution in [3.05, 3.63) is 180 Å². The Morgan fingerprint density at radius 3 is 2.24 bits per heavy atom. The molecule has 0 radical (unpaired) electrons. The van der Waals surface area contributed by atoms with Crippen LogP contribution in [0.4, 0.5) is 0 Å². The molecule has 0 fully saturated rings. The minimum atomic E-state index is -0.353. The standard InChI is InChI=1S/C50H35N3O/c1-30-15-26-43(40-13-6-14-44-46(40)41-25-24-32-9-4-5-12-39(32)49(41)54-44)52-50(53-47(30)37-22-16-31-8-2-3-10-36(31)28-37)38-23-18-33-17-19-34-20-21-35-11-7-27-51-48(35)45(34)42(33)29-38/h2-14,16-25,27-29,50,53H,15,26H2,1H3/b47-30+,52-43?. The van der Waals surface area contributed by atoms with E-state index in [4.69, 9.17) is 14.4 Å². The molecule has 0 bridgehead atoms. The summed E-state index contributed by atoms with van der Waals surface area (Å²) < 4.78 is 6.63. The molecule has 54 heavy (non-hydrogen) atoms. The van der Waals surface area contributed by atoms with Gasteiger partial charge in [0.25, 0.3) is 0 Å². The zero-order chi connectivity index (χ0) is 35.8. The molecule has 2 aromatic heterocycles. The van der Waals surface area contributed by atoms with Gasteiger partial charge in [0, 0.05) is 50.1 Å². The Morgan fingerprint density at radius 1 is 0.574 bits per heavy atom. The van der Waals surface area contributed by atoms with Gasteiger partial charge in [0.1, 0.15) is 17.3 Å². The molecule has 0 spiro atoms. The summed E-state index contributed by atoms with van der Waals surface area (Å²) in [4.78, 5) is 10.6. The summed E-state index contributed by atoms with van der Waals surface area (Å²) in [7, 11) is 0. The number of hydrogen-bond donors (Lipinski definition) is 1. The molecule has 4 heteroatoms. The minimum absolute atomic E-state index is 0.353. The minimum Gasteiger partial charge on any atom is -0.455 e.